The highest BCUT2D eigenvalue weighted by Crippen LogP contribution is 2.35. The maximum Gasteiger partial charge on any atom is 0.242 e. The van der Waals surface area contributed by atoms with E-state index in [4.69, 9.17) is 0 Å². The molecule has 166 valence electrons. The average Bonchev–Trinajstić information content (AvgIpc) is 3.17. The van der Waals surface area contributed by atoms with Crippen molar-refractivity contribution in [2.24, 2.45) is 7.05 Å². The van der Waals surface area contributed by atoms with Gasteiger partial charge in [-0.05, 0) is 30.2 Å². The summed E-state index contributed by atoms with van der Waals surface area (Å²) in [5, 5.41) is 11.8. The number of anilines is 1. The van der Waals surface area contributed by atoms with Gasteiger partial charge in [0.25, 0.3) is 0 Å². The van der Waals surface area contributed by atoms with Gasteiger partial charge in [0.2, 0.25) is 5.91 Å². The fourth-order valence-corrected chi connectivity index (χ4v) is 4.43. The molecule has 4 rings (SSSR count). The minimum absolute atomic E-state index is 0.0508. The Morgan fingerprint density at radius 2 is 1.64 bits per heavy atom. The molecule has 0 spiro atoms. The summed E-state index contributed by atoms with van der Waals surface area (Å²) < 4.78 is 1.93. The number of amides is 1. The van der Waals surface area contributed by atoms with E-state index < -0.39 is 5.25 Å². The van der Waals surface area contributed by atoms with Gasteiger partial charge in [-0.25, -0.2) is 0 Å². The standard InChI is InChI=1S/C26H24N4O2S/c1-18(31)21-14-9-15-22(17-21)27-25(32)24(20-12-7-4-8-13-20)33-26-29-28-23(30(26)2)16-19-10-5-3-6-11-19/h3-15,17,24H,16H2,1-2H3,(H,27,32). The molecule has 3 aromatic carbocycles. The number of carbonyl (C=O) groups is 2. The highest BCUT2D eigenvalue weighted by Gasteiger charge is 2.25. The summed E-state index contributed by atoms with van der Waals surface area (Å²) in [7, 11) is 1.91. The first kappa shape index (κ1) is 22.5. The van der Waals surface area contributed by atoms with Crippen molar-refractivity contribution >= 4 is 29.1 Å². The van der Waals surface area contributed by atoms with Crippen LogP contribution in [0.15, 0.2) is 90.1 Å². The van der Waals surface area contributed by atoms with E-state index in [0.717, 1.165) is 17.0 Å². The molecule has 7 heteroatoms. The number of Topliss-reactive ketones (excluding diaryl/α,β-unsaturated/α-hetero) is 1. The lowest BCUT2D eigenvalue weighted by Gasteiger charge is -2.17. The molecular formula is C26H24N4O2S. The Balaban J connectivity index is 1.58. The molecule has 0 radical (unpaired) electrons. The Morgan fingerprint density at radius 3 is 2.33 bits per heavy atom. The molecule has 1 aromatic heterocycles. The smallest absolute Gasteiger partial charge is 0.242 e. The van der Waals surface area contributed by atoms with E-state index in [1.807, 2.05) is 60.1 Å². The topological polar surface area (TPSA) is 76.9 Å². The number of nitrogens with zero attached hydrogens (tertiary/aromatic N) is 3. The molecule has 0 bridgehead atoms. The Labute approximate surface area is 197 Å². The fraction of sp³-hybridized carbons (Fsp3) is 0.154. The first-order valence-corrected chi connectivity index (χ1v) is 11.4. The average molecular weight is 457 g/mol. The summed E-state index contributed by atoms with van der Waals surface area (Å²) >= 11 is 1.35. The van der Waals surface area contributed by atoms with Crippen molar-refractivity contribution in [1.29, 1.82) is 0 Å². The van der Waals surface area contributed by atoms with Gasteiger partial charge >= 0.3 is 0 Å². The predicted molar refractivity (Wildman–Crippen MR) is 130 cm³/mol. The van der Waals surface area contributed by atoms with Crippen molar-refractivity contribution in [3.05, 3.63) is 107 Å². The number of hydrogen-bond acceptors (Lipinski definition) is 5. The van der Waals surface area contributed by atoms with Crippen LogP contribution in [0.3, 0.4) is 0 Å². The van der Waals surface area contributed by atoms with Crippen LogP contribution in [0.5, 0.6) is 0 Å². The number of carbonyl (C=O) groups excluding carboxylic acids is 2. The van der Waals surface area contributed by atoms with Gasteiger partial charge < -0.3 is 9.88 Å². The molecular weight excluding hydrogens is 432 g/mol. The number of aromatic nitrogens is 3. The second-order valence-corrected chi connectivity index (χ2v) is 8.73. The van der Waals surface area contributed by atoms with Gasteiger partial charge in [0, 0.05) is 24.7 Å². The van der Waals surface area contributed by atoms with E-state index in [9.17, 15) is 9.59 Å². The fourth-order valence-electron chi connectivity index (χ4n) is 3.41. The van der Waals surface area contributed by atoms with E-state index in [-0.39, 0.29) is 11.7 Å². The third kappa shape index (κ3) is 5.56. The molecule has 6 nitrogen and oxygen atoms in total. The van der Waals surface area contributed by atoms with E-state index in [2.05, 4.69) is 27.6 Å². The molecule has 0 aliphatic heterocycles. The summed E-state index contributed by atoms with van der Waals surface area (Å²) in [5.74, 6) is 0.578. The maximum absolute atomic E-state index is 13.3. The Morgan fingerprint density at radius 1 is 0.939 bits per heavy atom. The number of ketones is 1. The third-order valence-corrected chi connectivity index (χ3v) is 6.52. The molecule has 1 unspecified atom stereocenters. The quantitative estimate of drug-likeness (QED) is 0.296. The van der Waals surface area contributed by atoms with E-state index >= 15 is 0 Å². The first-order chi connectivity index (χ1) is 16.0. The lowest BCUT2D eigenvalue weighted by atomic mass is 10.1. The lowest BCUT2D eigenvalue weighted by Crippen LogP contribution is -2.19. The van der Waals surface area contributed by atoms with E-state index in [0.29, 0.717) is 22.8 Å². The Kier molecular flexibility index (Phi) is 7.00. The van der Waals surface area contributed by atoms with Gasteiger partial charge in [0.1, 0.15) is 11.1 Å². The molecule has 0 aliphatic rings. The van der Waals surface area contributed by atoms with Crippen LogP contribution >= 0.6 is 11.8 Å². The molecule has 4 aromatic rings. The number of thioether (sulfide) groups is 1. The van der Waals surface area contributed by atoms with E-state index in [1.54, 1.807) is 24.3 Å². The minimum Gasteiger partial charge on any atom is -0.325 e. The summed E-state index contributed by atoms with van der Waals surface area (Å²) in [6.45, 7) is 1.50. The Hall–Kier alpha value is -3.71. The van der Waals surface area contributed by atoms with E-state index in [1.165, 1.54) is 18.7 Å². The van der Waals surface area contributed by atoms with Crippen LogP contribution in [0, 0.1) is 0 Å². The van der Waals surface area contributed by atoms with Gasteiger partial charge in [-0.2, -0.15) is 0 Å². The van der Waals surface area contributed by atoms with Gasteiger partial charge in [-0.3, -0.25) is 9.59 Å². The highest BCUT2D eigenvalue weighted by atomic mass is 32.2. The predicted octanol–water partition coefficient (Wildman–Crippen LogP) is 5.08. The van der Waals surface area contributed by atoms with Crippen molar-refractivity contribution < 1.29 is 9.59 Å². The van der Waals surface area contributed by atoms with Crippen LogP contribution in [-0.2, 0) is 18.3 Å². The zero-order valence-electron chi connectivity index (χ0n) is 18.4. The van der Waals surface area contributed by atoms with Crippen molar-refractivity contribution in [1.82, 2.24) is 14.8 Å². The summed E-state index contributed by atoms with van der Waals surface area (Å²) in [4.78, 5) is 25.0. The van der Waals surface area contributed by atoms with Crippen LogP contribution in [0.2, 0.25) is 0 Å². The summed E-state index contributed by atoms with van der Waals surface area (Å²) in [5.41, 5.74) is 3.13. The normalized spacial score (nSPS) is 11.7. The largest absolute Gasteiger partial charge is 0.325 e. The van der Waals surface area contributed by atoms with Crippen LogP contribution < -0.4 is 5.32 Å². The van der Waals surface area contributed by atoms with Gasteiger partial charge in [0.05, 0.1) is 0 Å². The van der Waals surface area contributed by atoms with Gasteiger partial charge in [-0.1, -0.05) is 84.6 Å². The zero-order valence-corrected chi connectivity index (χ0v) is 19.3. The number of benzene rings is 3. The third-order valence-electron chi connectivity index (χ3n) is 5.23. The first-order valence-electron chi connectivity index (χ1n) is 10.6. The molecule has 1 heterocycles. The molecule has 0 aliphatic carbocycles. The number of nitrogens with one attached hydrogen (secondary N) is 1. The van der Waals surface area contributed by atoms with Gasteiger partial charge in [0.15, 0.2) is 10.9 Å². The summed E-state index contributed by atoms with van der Waals surface area (Å²) in [6.07, 6.45) is 0.658. The molecule has 1 atom stereocenters. The van der Waals surface area contributed by atoms with Gasteiger partial charge in [-0.15, -0.1) is 10.2 Å². The van der Waals surface area contributed by atoms with Crippen molar-refractivity contribution in [3.8, 4) is 0 Å². The molecule has 0 saturated heterocycles. The molecule has 33 heavy (non-hydrogen) atoms. The minimum atomic E-state index is -0.542. The maximum atomic E-state index is 13.3. The van der Waals surface area contributed by atoms with Crippen molar-refractivity contribution in [2.45, 2.75) is 23.8 Å². The lowest BCUT2D eigenvalue weighted by molar-refractivity contribution is -0.115. The zero-order chi connectivity index (χ0) is 23.2. The van der Waals surface area contributed by atoms with Crippen molar-refractivity contribution in [2.75, 3.05) is 5.32 Å². The van der Waals surface area contributed by atoms with Crippen LogP contribution in [0.25, 0.3) is 0 Å². The number of rotatable bonds is 8. The van der Waals surface area contributed by atoms with Crippen LogP contribution in [-0.4, -0.2) is 26.5 Å². The second kappa shape index (κ2) is 10.3. The number of hydrogen-bond donors (Lipinski definition) is 1. The summed E-state index contributed by atoms with van der Waals surface area (Å²) in [6, 6.07) is 26.6. The van der Waals surface area contributed by atoms with Crippen LogP contribution in [0.4, 0.5) is 5.69 Å². The SMILES string of the molecule is CC(=O)c1cccc(NC(=O)C(Sc2nnc(Cc3ccccc3)n2C)c2ccccc2)c1. The Bertz CT molecular complexity index is 1260. The van der Waals surface area contributed by atoms with Crippen molar-refractivity contribution in [3.63, 3.8) is 0 Å². The molecule has 0 fully saturated rings. The second-order valence-electron chi connectivity index (χ2n) is 7.66. The molecule has 0 saturated carbocycles. The highest BCUT2D eigenvalue weighted by molar-refractivity contribution is 8.00. The molecule has 1 amide bonds. The molecule has 1 N–H and O–H groups in total. The monoisotopic (exact) mass is 456 g/mol. The van der Waals surface area contributed by atoms with Crippen LogP contribution in [0.1, 0.15) is 39.5 Å².